The van der Waals surface area contributed by atoms with Crippen molar-refractivity contribution in [2.24, 2.45) is 0 Å². The van der Waals surface area contributed by atoms with Crippen LogP contribution >= 0.6 is 11.3 Å². The maximum absolute atomic E-state index is 12.0. The van der Waals surface area contributed by atoms with Crippen molar-refractivity contribution < 1.29 is 14.3 Å². The van der Waals surface area contributed by atoms with E-state index in [0.717, 1.165) is 4.88 Å². The lowest BCUT2D eigenvalue weighted by Gasteiger charge is -2.08. The first-order valence-corrected chi connectivity index (χ1v) is 9.37. The van der Waals surface area contributed by atoms with E-state index in [4.69, 9.17) is 4.74 Å². The number of carbonyl (C=O) groups is 2. The first kappa shape index (κ1) is 19.3. The maximum Gasteiger partial charge on any atom is 0.269 e. The zero-order chi connectivity index (χ0) is 19.9. The number of ether oxygens (including phenoxy) is 1. The van der Waals surface area contributed by atoms with Gasteiger partial charge in [-0.15, -0.1) is 11.3 Å². The number of carbonyl (C=O) groups excluding carboxylic acids is 2. The van der Waals surface area contributed by atoms with E-state index in [9.17, 15) is 9.59 Å². The second-order valence-electron chi connectivity index (χ2n) is 5.85. The first-order valence-electron chi connectivity index (χ1n) is 8.55. The first-order chi connectivity index (χ1) is 13.5. The summed E-state index contributed by atoms with van der Waals surface area (Å²) in [5, 5.41) is 5.32. The Balaban J connectivity index is 1.59. The highest BCUT2D eigenvalue weighted by Crippen LogP contribution is 2.23. The summed E-state index contributed by atoms with van der Waals surface area (Å²) < 4.78 is 5.74. The zero-order valence-electron chi connectivity index (χ0n) is 15.4. The third kappa shape index (κ3) is 5.28. The van der Waals surface area contributed by atoms with Crippen LogP contribution in [0.2, 0.25) is 0 Å². The standard InChI is InChI=1S/C21H19N3O3S/c1-14-3-8-18(28-14)9-10-20(25)24-15-4-6-16(7-5-15)27-17-11-12-23-19(13-17)21(26)22-2/h3-13H,1-2H3,(H,22,26)(H,24,25). The fourth-order valence-electron chi connectivity index (χ4n) is 2.35. The molecule has 7 heteroatoms. The minimum atomic E-state index is -0.283. The summed E-state index contributed by atoms with van der Waals surface area (Å²) in [5.41, 5.74) is 0.932. The molecule has 2 amide bonds. The lowest BCUT2D eigenvalue weighted by molar-refractivity contribution is -0.111. The monoisotopic (exact) mass is 393 g/mol. The summed E-state index contributed by atoms with van der Waals surface area (Å²) in [6, 6.07) is 14.2. The molecule has 3 aromatic rings. The molecule has 0 radical (unpaired) electrons. The number of benzene rings is 1. The average molecular weight is 393 g/mol. The molecule has 0 fully saturated rings. The number of hydrogen-bond donors (Lipinski definition) is 2. The number of aromatic nitrogens is 1. The van der Waals surface area contributed by atoms with Crippen LogP contribution < -0.4 is 15.4 Å². The van der Waals surface area contributed by atoms with Gasteiger partial charge in [0.05, 0.1) is 0 Å². The molecule has 0 spiro atoms. The third-order valence-electron chi connectivity index (χ3n) is 3.71. The molecule has 0 aliphatic carbocycles. The summed E-state index contributed by atoms with van der Waals surface area (Å²) in [5.74, 6) is 0.592. The molecular weight excluding hydrogens is 374 g/mol. The van der Waals surface area contributed by atoms with Crippen LogP contribution in [0.3, 0.4) is 0 Å². The summed E-state index contributed by atoms with van der Waals surface area (Å²) in [6.45, 7) is 2.02. The number of rotatable bonds is 6. The van der Waals surface area contributed by atoms with Gasteiger partial charge >= 0.3 is 0 Å². The third-order valence-corrected chi connectivity index (χ3v) is 4.67. The maximum atomic E-state index is 12.0. The number of nitrogens with zero attached hydrogens (tertiary/aromatic N) is 1. The summed E-state index contributed by atoms with van der Waals surface area (Å²) in [6.07, 6.45) is 4.81. The van der Waals surface area contributed by atoms with E-state index < -0.39 is 0 Å². The van der Waals surface area contributed by atoms with Gasteiger partial charge in [0.1, 0.15) is 17.2 Å². The Morgan fingerprint density at radius 1 is 1.07 bits per heavy atom. The van der Waals surface area contributed by atoms with Crippen LogP contribution in [0.1, 0.15) is 20.2 Å². The minimum absolute atomic E-state index is 0.205. The van der Waals surface area contributed by atoms with Gasteiger partial charge in [-0.1, -0.05) is 0 Å². The van der Waals surface area contributed by atoms with E-state index in [1.165, 1.54) is 17.2 Å². The van der Waals surface area contributed by atoms with Gasteiger partial charge in [-0.2, -0.15) is 0 Å². The minimum Gasteiger partial charge on any atom is -0.457 e. The predicted molar refractivity (Wildman–Crippen MR) is 111 cm³/mol. The Labute approximate surface area is 166 Å². The topological polar surface area (TPSA) is 80.3 Å². The molecule has 0 saturated carbocycles. The smallest absolute Gasteiger partial charge is 0.269 e. The second kappa shape index (κ2) is 8.96. The van der Waals surface area contributed by atoms with Crippen LogP contribution in [-0.4, -0.2) is 23.8 Å². The van der Waals surface area contributed by atoms with Crippen molar-refractivity contribution in [2.75, 3.05) is 12.4 Å². The van der Waals surface area contributed by atoms with Crippen molar-refractivity contribution in [2.45, 2.75) is 6.92 Å². The van der Waals surface area contributed by atoms with E-state index in [-0.39, 0.29) is 17.5 Å². The Kier molecular flexibility index (Phi) is 6.18. The Morgan fingerprint density at radius 3 is 2.54 bits per heavy atom. The SMILES string of the molecule is CNC(=O)c1cc(Oc2ccc(NC(=O)C=Cc3ccc(C)s3)cc2)ccn1. The van der Waals surface area contributed by atoms with Crippen molar-refractivity contribution in [3.05, 3.63) is 76.3 Å². The number of amides is 2. The van der Waals surface area contributed by atoms with Crippen LogP contribution in [0.15, 0.2) is 60.8 Å². The second-order valence-corrected chi connectivity index (χ2v) is 7.17. The quantitative estimate of drug-likeness (QED) is 0.614. The Morgan fingerprint density at radius 2 is 1.86 bits per heavy atom. The normalized spacial score (nSPS) is 10.6. The van der Waals surface area contributed by atoms with Gasteiger partial charge in [-0.25, -0.2) is 0 Å². The molecule has 2 aromatic heterocycles. The number of aryl methyl sites for hydroxylation is 1. The van der Waals surface area contributed by atoms with Gasteiger partial charge < -0.3 is 15.4 Å². The number of hydrogen-bond acceptors (Lipinski definition) is 5. The lowest BCUT2D eigenvalue weighted by Crippen LogP contribution is -2.18. The van der Waals surface area contributed by atoms with Crippen molar-refractivity contribution in [3.8, 4) is 11.5 Å². The van der Waals surface area contributed by atoms with E-state index in [1.807, 2.05) is 19.1 Å². The summed E-state index contributed by atoms with van der Waals surface area (Å²) in [7, 11) is 1.54. The molecule has 3 rings (SSSR count). The number of pyridine rings is 1. The van der Waals surface area contributed by atoms with Gasteiger partial charge in [0, 0.05) is 40.8 Å². The highest BCUT2D eigenvalue weighted by molar-refractivity contribution is 7.12. The molecule has 0 saturated heterocycles. The molecule has 0 atom stereocenters. The van der Waals surface area contributed by atoms with Crippen molar-refractivity contribution in [3.63, 3.8) is 0 Å². The molecule has 2 heterocycles. The van der Waals surface area contributed by atoms with E-state index in [2.05, 4.69) is 15.6 Å². The Bertz CT molecular complexity index is 1010. The van der Waals surface area contributed by atoms with Crippen LogP contribution in [0.25, 0.3) is 6.08 Å². The molecule has 142 valence electrons. The van der Waals surface area contributed by atoms with Crippen LogP contribution in [-0.2, 0) is 4.79 Å². The highest BCUT2D eigenvalue weighted by atomic mass is 32.1. The molecule has 1 aromatic carbocycles. The highest BCUT2D eigenvalue weighted by Gasteiger charge is 2.07. The van der Waals surface area contributed by atoms with Crippen LogP contribution in [0, 0.1) is 6.92 Å². The van der Waals surface area contributed by atoms with Gasteiger partial charge in [-0.3, -0.25) is 14.6 Å². The summed E-state index contributed by atoms with van der Waals surface area (Å²) >= 11 is 1.63. The van der Waals surface area contributed by atoms with Crippen molar-refractivity contribution >= 4 is 34.9 Å². The van der Waals surface area contributed by atoms with Gasteiger partial charge in [0.15, 0.2) is 0 Å². The van der Waals surface area contributed by atoms with Crippen LogP contribution in [0.5, 0.6) is 11.5 Å². The van der Waals surface area contributed by atoms with Gasteiger partial charge in [0.2, 0.25) is 5.91 Å². The predicted octanol–water partition coefficient (Wildman–Crippen LogP) is 4.26. The van der Waals surface area contributed by atoms with Gasteiger partial charge in [0.25, 0.3) is 5.91 Å². The van der Waals surface area contributed by atoms with Gasteiger partial charge in [-0.05, 0) is 55.5 Å². The molecule has 6 nitrogen and oxygen atoms in total. The number of anilines is 1. The molecule has 28 heavy (non-hydrogen) atoms. The van der Waals surface area contributed by atoms with Crippen molar-refractivity contribution in [1.82, 2.24) is 10.3 Å². The number of thiophene rings is 1. The molecule has 2 N–H and O–H groups in total. The molecule has 0 aliphatic heterocycles. The molecule has 0 unspecified atom stereocenters. The molecular formula is C21H19N3O3S. The van der Waals surface area contributed by atoms with E-state index in [0.29, 0.717) is 17.2 Å². The van der Waals surface area contributed by atoms with Crippen molar-refractivity contribution in [1.29, 1.82) is 0 Å². The zero-order valence-corrected chi connectivity index (χ0v) is 16.2. The Hall–Kier alpha value is -3.45. The fourth-order valence-corrected chi connectivity index (χ4v) is 3.13. The fraction of sp³-hybridized carbons (Fsp3) is 0.0952. The lowest BCUT2D eigenvalue weighted by atomic mass is 10.3. The average Bonchev–Trinajstić information content (AvgIpc) is 3.13. The van der Waals surface area contributed by atoms with E-state index in [1.54, 1.807) is 60.9 Å². The van der Waals surface area contributed by atoms with E-state index >= 15 is 0 Å². The summed E-state index contributed by atoms with van der Waals surface area (Å²) in [4.78, 5) is 29.9. The molecule has 0 aliphatic rings. The molecule has 0 bridgehead atoms. The largest absolute Gasteiger partial charge is 0.457 e. The number of nitrogens with one attached hydrogen (secondary N) is 2. The van der Waals surface area contributed by atoms with Crippen LogP contribution in [0.4, 0.5) is 5.69 Å².